The third-order valence-corrected chi connectivity index (χ3v) is 8.01. The van der Waals surface area contributed by atoms with Crippen LogP contribution < -0.4 is 4.74 Å². The first-order chi connectivity index (χ1) is 15.4. The number of aliphatic imine (C=N–C) groups is 1. The molecule has 8 heteroatoms. The molecule has 1 unspecified atom stereocenters. The van der Waals surface area contributed by atoms with E-state index >= 15 is 0 Å². The summed E-state index contributed by atoms with van der Waals surface area (Å²) < 4.78 is 34.1. The first-order valence-electron chi connectivity index (χ1n) is 10.4. The van der Waals surface area contributed by atoms with Gasteiger partial charge in [-0.05, 0) is 55.5 Å². The zero-order chi connectivity index (χ0) is 22.3. The fraction of sp³-hybridized carbons (Fsp3) is 0.208. The van der Waals surface area contributed by atoms with Crippen molar-refractivity contribution < 1.29 is 13.2 Å². The van der Waals surface area contributed by atoms with E-state index in [1.165, 1.54) is 0 Å². The highest BCUT2D eigenvalue weighted by molar-refractivity contribution is 7.89. The number of fused-ring (bicyclic) bond motifs is 2. The molecule has 5 rings (SSSR count). The Labute approximate surface area is 192 Å². The molecule has 2 heterocycles. The minimum absolute atomic E-state index is 0.237. The lowest BCUT2D eigenvalue weighted by Crippen LogP contribution is -2.55. The molecule has 164 valence electrons. The van der Waals surface area contributed by atoms with Gasteiger partial charge in [-0.15, -0.1) is 0 Å². The highest BCUT2D eigenvalue weighted by Crippen LogP contribution is 2.38. The molecule has 0 N–H and O–H groups in total. The molecule has 0 aromatic heterocycles. The molecule has 0 bridgehead atoms. The molecular formula is C24H22ClN3O3S. The fourth-order valence-corrected chi connectivity index (χ4v) is 5.88. The van der Waals surface area contributed by atoms with Crippen LogP contribution in [0.3, 0.4) is 0 Å². The number of rotatable bonds is 2. The minimum Gasteiger partial charge on any atom is -0.454 e. The molecular weight excluding hydrogens is 446 g/mol. The number of hydrogen-bond acceptors (Lipinski definition) is 5. The second kappa shape index (κ2) is 8.24. The summed E-state index contributed by atoms with van der Waals surface area (Å²) in [5.74, 6) is 2.23. The Morgan fingerprint density at radius 2 is 1.62 bits per heavy atom. The second-order valence-corrected chi connectivity index (χ2v) is 10.2. The Hall–Kier alpha value is -2.87. The average Bonchev–Trinajstić information content (AvgIpc) is 2.96. The van der Waals surface area contributed by atoms with Crippen LogP contribution in [0.2, 0.25) is 5.02 Å². The maximum Gasteiger partial charge on any atom is 0.243 e. The number of ether oxygens (including phenoxy) is 1. The van der Waals surface area contributed by atoms with Crippen LogP contribution in [-0.2, 0) is 10.0 Å². The molecule has 2 aliphatic heterocycles. The van der Waals surface area contributed by atoms with Crippen molar-refractivity contribution in [2.45, 2.75) is 17.9 Å². The molecule has 0 saturated carbocycles. The van der Waals surface area contributed by atoms with E-state index < -0.39 is 10.0 Å². The number of nitrogens with zero attached hydrogens (tertiary/aromatic N) is 3. The van der Waals surface area contributed by atoms with Crippen molar-refractivity contribution in [3.05, 3.63) is 83.4 Å². The van der Waals surface area contributed by atoms with E-state index in [4.69, 9.17) is 21.3 Å². The number of piperazine rings is 1. The molecule has 3 aromatic rings. The Kier molecular flexibility index (Phi) is 5.41. The van der Waals surface area contributed by atoms with Crippen molar-refractivity contribution in [2.24, 2.45) is 4.99 Å². The second-order valence-electron chi connectivity index (χ2n) is 7.87. The number of amidine groups is 1. The molecule has 3 aromatic carbocycles. The lowest BCUT2D eigenvalue weighted by Gasteiger charge is -2.40. The SMILES string of the molecule is CC1CN(C2=Nc3ccccc3Oc3ccccc32)CCN1S(=O)(=O)c1ccc(Cl)cc1. The Balaban J connectivity index is 1.46. The van der Waals surface area contributed by atoms with Crippen LogP contribution in [0.5, 0.6) is 11.5 Å². The number of hydrogen-bond donors (Lipinski definition) is 0. The highest BCUT2D eigenvalue weighted by Gasteiger charge is 2.35. The summed E-state index contributed by atoms with van der Waals surface area (Å²) in [6, 6.07) is 21.5. The molecule has 2 aliphatic rings. The van der Waals surface area contributed by atoms with Crippen LogP contribution in [0.1, 0.15) is 12.5 Å². The normalized spacial score (nSPS) is 18.8. The van der Waals surface area contributed by atoms with E-state index in [1.54, 1.807) is 28.6 Å². The van der Waals surface area contributed by atoms with Crippen LogP contribution in [0.25, 0.3) is 0 Å². The largest absolute Gasteiger partial charge is 0.454 e. The molecule has 1 saturated heterocycles. The predicted molar refractivity (Wildman–Crippen MR) is 126 cm³/mol. The molecule has 32 heavy (non-hydrogen) atoms. The summed E-state index contributed by atoms with van der Waals surface area (Å²) in [4.78, 5) is 7.32. The number of halogens is 1. The van der Waals surface area contributed by atoms with Gasteiger partial charge in [0.15, 0.2) is 5.75 Å². The van der Waals surface area contributed by atoms with Gasteiger partial charge in [0.25, 0.3) is 0 Å². The van der Waals surface area contributed by atoms with Gasteiger partial charge in [0.05, 0.1) is 10.5 Å². The van der Waals surface area contributed by atoms with Crippen molar-refractivity contribution in [3.8, 4) is 11.5 Å². The highest BCUT2D eigenvalue weighted by atomic mass is 35.5. The van der Waals surface area contributed by atoms with Crippen molar-refractivity contribution in [2.75, 3.05) is 19.6 Å². The van der Waals surface area contributed by atoms with Crippen LogP contribution >= 0.6 is 11.6 Å². The van der Waals surface area contributed by atoms with Crippen LogP contribution in [0.4, 0.5) is 5.69 Å². The summed E-state index contributed by atoms with van der Waals surface area (Å²) in [5, 5.41) is 0.509. The Morgan fingerprint density at radius 1 is 0.938 bits per heavy atom. The maximum absolute atomic E-state index is 13.2. The van der Waals surface area contributed by atoms with E-state index in [9.17, 15) is 8.42 Å². The fourth-order valence-electron chi connectivity index (χ4n) is 4.14. The monoisotopic (exact) mass is 467 g/mol. The predicted octanol–water partition coefficient (Wildman–Crippen LogP) is 4.92. The molecule has 0 amide bonds. The lowest BCUT2D eigenvalue weighted by atomic mass is 10.1. The van der Waals surface area contributed by atoms with Crippen LogP contribution in [0, 0.1) is 0 Å². The molecule has 0 aliphatic carbocycles. The van der Waals surface area contributed by atoms with Gasteiger partial charge in [0.2, 0.25) is 10.0 Å². The zero-order valence-electron chi connectivity index (χ0n) is 17.5. The van der Waals surface area contributed by atoms with E-state index in [0.29, 0.717) is 30.4 Å². The lowest BCUT2D eigenvalue weighted by molar-refractivity contribution is 0.206. The van der Waals surface area contributed by atoms with Crippen molar-refractivity contribution >= 4 is 33.1 Å². The van der Waals surface area contributed by atoms with E-state index in [-0.39, 0.29) is 10.9 Å². The van der Waals surface area contributed by atoms with Gasteiger partial charge in [0.1, 0.15) is 17.3 Å². The maximum atomic E-state index is 13.2. The molecule has 0 radical (unpaired) electrons. The third-order valence-electron chi connectivity index (χ3n) is 5.73. The molecule has 0 spiro atoms. The van der Waals surface area contributed by atoms with E-state index in [1.807, 2.05) is 55.5 Å². The van der Waals surface area contributed by atoms with Crippen molar-refractivity contribution in [1.29, 1.82) is 0 Å². The van der Waals surface area contributed by atoms with Gasteiger partial charge in [-0.1, -0.05) is 35.9 Å². The molecule has 1 atom stereocenters. The van der Waals surface area contributed by atoms with Crippen LogP contribution in [0.15, 0.2) is 82.7 Å². The number of sulfonamides is 1. The standard InChI is InChI=1S/C24H22ClN3O3S/c1-17-16-27(14-15-28(17)32(29,30)19-12-10-18(25)11-13-19)24-20-6-2-4-8-22(20)31-23-9-5-3-7-21(23)26-24/h2-13,17H,14-16H2,1H3. The van der Waals surface area contributed by atoms with Crippen LogP contribution in [-0.4, -0.2) is 49.1 Å². The van der Waals surface area contributed by atoms with E-state index in [0.717, 1.165) is 22.8 Å². The number of benzene rings is 3. The minimum atomic E-state index is -3.62. The Bertz CT molecular complexity index is 1290. The van der Waals surface area contributed by atoms with Gasteiger partial charge in [-0.2, -0.15) is 4.31 Å². The summed E-state index contributed by atoms with van der Waals surface area (Å²) in [5.41, 5.74) is 1.65. The Morgan fingerprint density at radius 3 is 2.38 bits per heavy atom. The van der Waals surface area contributed by atoms with Crippen molar-refractivity contribution in [1.82, 2.24) is 9.21 Å². The first kappa shape index (κ1) is 21.0. The van der Waals surface area contributed by atoms with Crippen molar-refractivity contribution in [3.63, 3.8) is 0 Å². The van der Waals surface area contributed by atoms with Gasteiger partial charge in [-0.3, -0.25) is 0 Å². The van der Waals surface area contributed by atoms with Gasteiger partial charge in [0, 0.05) is 30.7 Å². The topological polar surface area (TPSA) is 62.2 Å². The molecule has 1 fully saturated rings. The third kappa shape index (κ3) is 3.77. The van der Waals surface area contributed by atoms with Gasteiger partial charge < -0.3 is 9.64 Å². The summed E-state index contributed by atoms with van der Waals surface area (Å²) in [7, 11) is -3.62. The summed E-state index contributed by atoms with van der Waals surface area (Å²) in [6.45, 7) is 3.32. The quantitative estimate of drug-likeness (QED) is 0.536. The summed E-state index contributed by atoms with van der Waals surface area (Å²) in [6.07, 6.45) is 0. The average molecular weight is 468 g/mol. The van der Waals surface area contributed by atoms with E-state index in [2.05, 4.69) is 4.90 Å². The van der Waals surface area contributed by atoms with Gasteiger partial charge in [-0.25, -0.2) is 13.4 Å². The molecule has 6 nitrogen and oxygen atoms in total. The van der Waals surface area contributed by atoms with Gasteiger partial charge >= 0.3 is 0 Å². The summed E-state index contributed by atoms with van der Waals surface area (Å²) >= 11 is 5.93. The first-order valence-corrected chi connectivity index (χ1v) is 12.2. The zero-order valence-corrected chi connectivity index (χ0v) is 19.1. The number of para-hydroxylation sites is 3. The smallest absolute Gasteiger partial charge is 0.243 e.